The third-order valence-corrected chi connectivity index (χ3v) is 14.0. The number of rotatable bonds is 5. The molecule has 0 fully saturated rings. The van der Waals surface area contributed by atoms with Gasteiger partial charge in [-0.2, -0.15) is 0 Å². The largest absolute Gasteiger partial charge is 0.456 e. The maximum atomic E-state index is 6.53. The second kappa shape index (κ2) is 13.3. The number of para-hydroxylation sites is 3. The summed E-state index contributed by atoms with van der Waals surface area (Å²) >= 11 is 0. The Morgan fingerprint density at radius 3 is 1.59 bits per heavy atom. The van der Waals surface area contributed by atoms with E-state index in [4.69, 9.17) is 4.42 Å². The van der Waals surface area contributed by atoms with Gasteiger partial charge in [0.2, 0.25) is 0 Å². The van der Waals surface area contributed by atoms with Gasteiger partial charge in [0, 0.05) is 50.4 Å². The minimum absolute atomic E-state index is 0.449. The van der Waals surface area contributed by atoms with Crippen LogP contribution in [0.1, 0.15) is 22.3 Å². The highest BCUT2D eigenvalue weighted by Crippen LogP contribution is 2.63. The first kappa shape index (κ1) is 35.2. The summed E-state index contributed by atoms with van der Waals surface area (Å²) in [6.07, 6.45) is 0. The van der Waals surface area contributed by atoms with E-state index in [1.807, 2.05) is 6.07 Å². The van der Waals surface area contributed by atoms with Gasteiger partial charge >= 0.3 is 0 Å². The van der Waals surface area contributed by atoms with Crippen molar-refractivity contribution in [1.29, 1.82) is 0 Å². The first-order chi connectivity index (χ1) is 31.7. The van der Waals surface area contributed by atoms with E-state index in [2.05, 4.69) is 234 Å². The van der Waals surface area contributed by atoms with Crippen molar-refractivity contribution >= 4 is 60.8 Å². The Morgan fingerprint density at radius 1 is 0.328 bits per heavy atom. The molecule has 0 saturated carbocycles. The van der Waals surface area contributed by atoms with Crippen molar-refractivity contribution in [3.05, 3.63) is 253 Å². The highest BCUT2D eigenvalue weighted by Gasteiger charge is 2.51. The summed E-state index contributed by atoms with van der Waals surface area (Å²) in [5.74, 6) is 0. The van der Waals surface area contributed by atoms with Crippen LogP contribution in [0.2, 0.25) is 0 Å². The van der Waals surface area contributed by atoms with Crippen molar-refractivity contribution in [2.75, 3.05) is 4.90 Å². The van der Waals surface area contributed by atoms with E-state index in [1.165, 1.54) is 71.9 Å². The maximum Gasteiger partial charge on any atom is 0.137 e. The molecule has 2 aromatic heterocycles. The predicted octanol–water partition coefficient (Wildman–Crippen LogP) is 16.2. The third-order valence-electron chi connectivity index (χ3n) is 14.0. The lowest BCUT2D eigenvalue weighted by Gasteiger charge is -2.32. The number of fused-ring (bicyclic) bond motifs is 16. The zero-order chi connectivity index (χ0) is 41.9. The van der Waals surface area contributed by atoms with Crippen molar-refractivity contribution in [3.63, 3.8) is 0 Å². The van der Waals surface area contributed by atoms with E-state index in [1.54, 1.807) is 0 Å². The fraction of sp³-hybridized carbons (Fsp3) is 0.0164. The molecule has 3 nitrogen and oxygen atoms in total. The van der Waals surface area contributed by atoms with Crippen LogP contribution in [0.5, 0.6) is 0 Å². The van der Waals surface area contributed by atoms with Crippen LogP contribution in [-0.2, 0) is 5.41 Å². The zero-order valence-corrected chi connectivity index (χ0v) is 34.7. The Bertz CT molecular complexity index is 3790. The molecule has 64 heavy (non-hydrogen) atoms. The summed E-state index contributed by atoms with van der Waals surface area (Å²) in [4.78, 5) is 2.40. The monoisotopic (exact) mass is 814 g/mol. The molecule has 2 aliphatic rings. The Hall–Kier alpha value is -8.40. The fourth-order valence-corrected chi connectivity index (χ4v) is 11.3. The summed E-state index contributed by atoms with van der Waals surface area (Å²) in [6.45, 7) is 0. The Morgan fingerprint density at radius 2 is 0.859 bits per heavy atom. The standard InChI is InChI=1S/C61H38N2O/c1-2-14-41(15-3-1)63-57-24-12-7-19-49(57)52-36-40(28-35-58(52)63)39-26-29-42(30-27-39)62(44-32-34-51-50-20-8-13-25-59(50)64-60(51)38-44)43-31-33-48-47-18-6-11-23-55(47)61(56(48)37-43)53-21-9-4-16-45(53)46-17-5-10-22-54(46)61/h1-38H. The number of hydrogen-bond donors (Lipinski definition) is 0. The Balaban J connectivity index is 0.951. The number of nitrogens with zero attached hydrogens (tertiary/aromatic N) is 2. The van der Waals surface area contributed by atoms with Crippen molar-refractivity contribution in [3.8, 4) is 39.1 Å². The van der Waals surface area contributed by atoms with Crippen LogP contribution >= 0.6 is 0 Å². The maximum absolute atomic E-state index is 6.53. The minimum atomic E-state index is -0.449. The zero-order valence-electron chi connectivity index (χ0n) is 34.7. The summed E-state index contributed by atoms with van der Waals surface area (Å²) in [5.41, 5.74) is 20.9. The topological polar surface area (TPSA) is 21.3 Å². The van der Waals surface area contributed by atoms with Crippen molar-refractivity contribution < 1.29 is 4.42 Å². The first-order valence-corrected chi connectivity index (χ1v) is 22.1. The molecule has 14 rings (SSSR count). The molecule has 0 N–H and O–H groups in total. The fourth-order valence-electron chi connectivity index (χ4n) is 11.3. The molecule has 298 valence electrons. The lowest BCUT2D eigenvalue weighted by molar-refractivity contribution is 0.669. The second-order valence-corrected chi connectivity index (χ2v) is 17.2. The average molecular weight is 815 g/mol. The molecule has 10 aromatic carbocycles. The van der Waals surface area contributed by atoms with Gasteiger partial charge in [-0.3, -0.25) is 0 Å². The van der Waals surface area contributed by atoms with Crippen molar-refractivity contribution in [1.82, 2.24) is 4.57 Å². The van der Waals surface area contributed by atoms with Crippen LogP contribution in [0, 0.1) is 0 Å². The number of hydrogen-bond acceptors (Lipinski definition) is 2. The Labute approximate surface area is 370 Å². The molecule has 0 unspecified atom stereocenters. The first-order valence-electron chi connectivity index (χ1n) is 22.1. The summed E-state index contributed by atoms with van der Waals surface area (Å²) < 4.78 is 8.90. The predicted molar refractivity (Wildman–Crippen MR) is 264 cm³/mol. The molecular formula is C61H38N2O. The van der Waals surface area contributed by atoms with Crippen LogP contribution in [0.25, 0.3) is 82.8 Å². The van der Waals surface area contributed by atoms with Crippen LogP contribution in [0.15, 0.2) is 235 Å². The molecule has 0 bridgehead atoms. The SMILES string of the molecule is c1ccc(-n2c3ccccc3c3cc(-c4ccc(N(c5ccc6c(c5)C5(c7ccccc7-c7ccccc75)c5ccccc5-6)c5ccc6c(c5)oc5ccccc56)cc4)ccc32)cc1. The van der Waals surface area contributed by atoms with Gasteiger partial charge in [-0.05, 0) is 128 Å². The second-order valence-electron chi connectivity index (χ2n) is 17.2. The molecule has 0 radical (unpaired) electrons. The summed E-state index contributed by atoms with van der Waals surface area (Å²) in [6, 6.07) is 84.5. The highest BCUT2D eigenvalue weighted by molar-refractivity contribution is 6.11. The molecule has 0 saturated heterocycles. The lowest BCUT2D eigenvalue weighted by Crippen LogP contribution is -2.26. The van der Waals surface area contributed by atoms with E-state index in [9.17, 15) is 0 Å². The number of aromatic nitrogens is 1. The average Bonchev–Trinajstić information content (AvgIpc) is 4.08. The molecular weight excluding hydrogens is 777 g/mol. The number of anilines is 3. The van der Waals surface area contributed by atoms with E-state index in [0.29, 0.717) is 0 Å². The molecule has 1 spiro atoms. The molecule has 2 heterocycles. The molecule has 12 aromatic rings. The van der Waals surface area contributed by atoms with Crippen molar-refractivity contribution in [2.24, 2.45) is 0 Å². The quantitative estimate of drug-likeness (QED) is 0.173. The van der Waals surface area contributed by atoms with Gasteiger partial charge in [0.15, 0.2) is 0 Å². The van der Waals surface area contributed by atoms with Crippen LogP contribution < -0.4 is 4.90 Å². The van der Waals surface area contributed by atoms with Gasteiger partial charge in [-0.15, -0.1) is 0 Å². The highest BCUT2D eigenvalue weighted by atomic mass is 16.3. The molecule has 0 aliphatic heterocycles. The molecule has 0 atom stereocenters. The van der Waals surface area contributed by atoms with Crippen LogP contribution in [-0.4, -0.2) is 4.57 Å². The minimum Gasteiger partial charge on any atom is -0.456 e. The van der Waals surface area contributed by atoms with E-state index in [-0.39, 0.29) is 0 Å². The smallest absolute Gasteiger partial charge is 0.137 e. The van der Waals surface area contributed by atoms with Gasteiger partial charge in [0.05, 0.1) is 16.4 Å². The van der Waals surface area contributed by atoms with Gasteiger partial charge < -0.3 is 13.9 Å². The van der Waals surface area contributed by atoms with Gasteiger partial charge in [-0.1, -0.05) is 152 Å². The normalized spacial score (nSPS) is 13.1. The van der Waals surface area contributed by atoms with Gasteiger partial charge in [0.25, 0.3) is 0 Å². The van der Waals surface area contributed by atoms with Crippen LogP contribution in [0.4, 0.5) is 17.1 Å². The van der Waals surface area contributed by atoms with E-state index in [0.717, 1.165) is 50.3 Å². The summed E-state index contributed by atoms with van der Waals surface area (Å²) in [5, 5.41) is 4.72. The molecule has 3 heteroatoms. The molecule has 2 aliphatic carbocycles. The van der Waals surface area contributed by atoms with Crippen LogP contribution in [0.3, 0.4) is 0 Å². The summed E-state index contributed by atoms with van der Waals surface area (Å²) in [7, 11) is 0. The number of benzene rings is 10. The Kier molecular flexibility index (Phi) is 7.32. The molecule has 0 amide bonds. The van der Waals surface area contributed by atoms with E-state index < -0.39 is 5.41 Å². The third kappa shape index (κ3) is 4.81. The number of furan rings is 1. The van der Waals surface area contributed by atoms with Gasteiger partial charge in [-0.25, -0.2) is 0 Å². The lowest BCUT2D eigenvalue weighted by atomic mass is 9.70. The van der Waals surface area contributed by atoms with Gasteiger partial charge in [0.1, 0.15) is 11.2 Å². The van der Waals surface area contributed by atoms with Crippen molar-refractivity contribution in [2.45, 2.75) is 5.41 Å². The van der Waals surface area contributed by atoms with E-state index >= 15 is 0 Å².